The van der Waals surface area contributed by atoms with Gasteiger partial charge in [-0.25, -0.2) is 4.79 Å². The van der Waals surface area contributed by atoms with Gasteiger partial charge in [0.1, 0.15) is 0 Å². The van der Waals surface area contributed by atoms with Crippen molar-refractivity contribution in [1.82, 2.24) is 19.8 Å². The van der Waals surface area contributed by atoms with E-state index in [1.54, 1.807) is 0 Å². The molecule has 1 aliphatic heterocycles. The number of hydrogen-bond acceptors (Lipinski definition) is 5. The second-order valence-corrected chi connectivity index (χ2v) is 5.60. The molecule has 1 aromatic rings. The number of nitrogens with zero attached hydrogens (tertiary/aromatic N) is 3. The quantitative estimate of drug-likeness (QED) is 0.863. The monoisotopic (exact) mass is 258 g/mol. The van der Waals surface area contributed by atoms with Crippen molar-refractivity contribution >= 4 is 29.3 Å². The van der Waals surface area contributed by atoms with Crippen LogP contribution >= 0.6 is 23.3 Å². The van der Waals surface area contributed by atoms with Crippen molar-refractivity contribution in [2.45, 2.75) is 13.5 Å². The molecule has 0 atom stereocenters. The normalized spacial score (nSPS) is 16.2. The first kappa shape index (κ1) is 11.7. The van der Waals surface area contributed by atoms with Crippen LogP contribution < -0.4 is 5.32 Å². The summed E-state index contributed by atoms with van der Waals surface area (Å²) in [5.74, 6) is 2.07. The van der Waals surface area contributed by atoms with Crippen molar-refractivity contribution in [2.24, 2.45) is 0 Å². The van der Waals surface area contributed by atoms with E-state index in [0.29, 0.717) is 6.54 Å². The number of thioether (sulfide) groups is 1. The molecule has 88 valence electrons. The van der Waals surface area contributed by atoms with Crippen LogP contribution in [0.5, 0.6) is 0 Å². The molecular formula is C9H14N4OS2. The van der Waals surface area contributed by atoms with E-state index >= 15 is 0 Å². The predicted molar refractivity (Wildman–Crippen MR) is 65.8 cm³/mol. The maximum absolute atomic E-state index is 11.8. The highest BCUT2D eigenvalue weighted by atomic mass is 32.2. The van der Waals surface area contributed by atoms with Crippen LogP contribution in [0.4, 0.5) is 4.79 Å². The van der Waals surface area contributed by atoms with Gasteiger partial charge in [-0.2, -0.15) is 11.8 Å². The molecule has 0 radical (unpaired) electrons. The number of aryl methyl sites for hydroxylation is 1. The van der Waals surface area contributed by atoms with Crippen molar-refractivity contribution in [3.63, 3.8) is 0 Å². The molecule has 0 bridgehead atoms. The van der Waals surface area contributed by atoms with Gasteiger partial charge >= 0.3 is 6.03 Å². The lowest BCUT2D eigenvalue weighted by Gasteiger charge is -2.26. The first-order valence-electron chi connectivity index (χ1n) is 5.15. The minimum absolute atomic E-state index is 0.0214. The van der Waals surface area contributed by atoms with E-state index in [9.17, 15) is 4.79 Å². The number of aromatic nitrogens is 2. The van der Waals surface area contributed by atoms with Crippen molar-refractivity contribution in [2.75, 3.05) is 24.6 Å². The zero-order chi connectivity index (χ0) is 11.4. The Morgan fingerprint density at radius 3 is 2.88 bits per heavy atom. The van der Waals surface area contributed by atoms with Gasteiger partial charge in [0.25, 0.3) is 0 Å². The average molecular weight is 258 g/mol. The molecule has 16 heavy (non-hydrogen) atoms. The summed E-state index contributed by atoms with van der Waals surface area (Å²) in [6.45, 7) is 4.13. The van der Waals surface area contributed by atoms with Crippen LogP contribution in [0.1, 0.15) is 10.6 Å². The molecule has 5 nitrogen and oxygen atoms in total. The van der Waals surface area contributed by atoms with Crippen LogP contribution in [-0.2, 0) is 6.54 Å². The number of amides is 2. The highest BCUT2D eigenvalue weighted by molar-refractivity contribution is 7.99. The van der Waals surface area contributed by atoms with Crippen molar-refractivity contribution in [1.29, 1.82) is 0 Å². The summed E-state index contributed by atoms with van der Waals surface area (Å²) in [6, 6.07) is 0.0214. The third-order valence-corrected chi connectivity index (χ3v) is 4.21. The molecule has 7 heteroatoms. The fourth-order valence-corrected chi connectivity index (χ4v) is 2.92. The number of hydrogen-bond donors (Lipinski definition) is 1. The van der Waals surface area contributed by atoms with Crippen molar-refractivity contribution in [3.05, 3.63) is 10.6 Å². The van der Waals surface area contributed by atoms with Gasteiger partial charge in [0.05, 0.1) is 17.1 Å². The Bertz CT molecular complexity index is 362. The van der Waals surface area contributed by atoms with Crippen LogP contribution in [0.2, 0.25) is 0 Å². The first-order valence-corrected chi connectivity index (χ1v) is 7.08. The molecule has 0 spiro atoms. The summed E-state index contributed by atoms with van der Waals surface area (Å²) >= 11 is 3.23. The molecule has 1 aliphatic rings. The van der Waals surface area contributed by atoms with E-state index in [0.717, 1.165) is 35.2 Å². The highest BCUT2D eigenvalue weighted by Crippen LogP contribution is 2.11. The fourth-order valence-electron chi connectivity index (χ4n) is 1.45. The highest BCUT2D eigenvalue weighted by Gasteiger charge is 2.16. The summed E-state index contributed by atoms with van der Waals surface area (Å²) in [6.07, 6.45) is 0. The Labute approximate surface area is 103 Å². The van der Waals surface area contributed by atoms with Crippen molar-refractivity contribution in [3.8, 4) is 0 Å². The molecule has 1 aromatic heterocycles. The number of carbonyl (C=O) groups excluding carboxylic acids is 1. The minimum Gasteiger partial charge on any atom is -0.333 e. The van der Waals surface area contributed by atoms with E-state index in [4.69, 9.17) is 0 Å². The largest absolute Gasteiger partial charge is 0.333 e. The Kier molecular flexibility index (Phi) is 4.00. The molecule has 1 N–H and O–H groups in total. The molecule has 0 aliphatic carbocycles. The Morgan fingerprint density at radius 1 is 1.50 bits per heavy atom. The van der Waals surface area contributed by atoms with Crippen LogP contribution in [0, 0.1) is 6.92 Å². The van der Waals surface area contributed by atoms with Gasteiger partial charge in [-0.15, -0.1) is 5.10 Å². The predicted octanol–water partition coefficient (Wildman–Crippen LogP) is 1.10. The zero-order valence-electron chi connectivity index (χ0n) is 9.10. The van der Waals surface area contributed by atoms with Gasteiger partial charge in [0.2, 0.25) is 0 Å². The number of urea groups is 1. The van der Waals surface area contributed by atoms with Crippen LogP contribution in [0.25, 0.3) is 0 Å². The molecule has 0 unspecified atom stereocenters. The first-order chi connectivity index (χ1) is 7.77. The van der Waals surface area contributed by atoms with Gasteiger partial charge in [0.15, 0.2) is 0 Å². The number of rotatable bonds is 2. The van der Waals surface area contributed by atoms with Crippen LogP contribution in [-0.4, -0.2) is 45.1 Å². The minimum atomic E-state index is 0.0214. The summed E-state index contributed by atoms with van der Waals surface area (Å²) < 4.78 is 3.84. The third-order valence-electron chi connectivity index (χ3n) is 2.44. The summed E-state index contributed by atoms with van der Waals surface area (Å²) in [7, 11) is 0. The lowest BCUT2D eigenvalue weighted by atomic mass is 10.4. The molecule has 2 amide bonds. The van der Waals surface area contributed by atoms with E-state index in [-0.39, 0.29) is 6.03 Å². The standard InChI is InChI=1S/C9H14N4OS2/c1-7-8(16-12-11-7)6-10-9(14)13-2-4-15-5-3-13/h2-6H2,1H3,(H,10,14). The average Bonchev–Trinajstić information content (AvgIpc) is 2.73. The molecule has 2 heterocycles. The summed E-state index contributed by atoms with van der Waals surface area (Å²) in [4.78, 5) is 14.7. The molecule has 1 saturated heterocycles. The summed E-state index contributed by atoms with van der Waals surface area (Å²) in [5.41, 5.74) is 0.902. The van der Waals surface area contributed by atoms with Gasteiger partial charge in [-0.3, -0.25) is 0 Å². The Morgan fingerprint density at radius 2 is 2.25 bits per heavy atom. The third kappa shape index (κ3) is 2.85. The van der Waals surface area contributed by atoms with E-state index in [2.05, 4.69) is 14.9 Å². The molecule has 2 rings (SSSR count). The zero-order valence-corrected chi connectivity index (χ0v) is 10.7. The maximum Gasteiger partial charge on any atom is 0.317 e. The molecule has 1 fully saturated rings. The molecular weight excluding hydrogens is 244 g/mol. The Balaban J connectivity index is 1.81. The lowest BCUT2D eigenvalue weighted by Crippen LogP contribution is -2.44. The SMILES string of the molecule is Cc1nnsc1CNC(=O)N1CCSCC1. The number of carbonyl (C=O) groups is 1. The second kappa shape index (κ2) is 5.49. The number of nitrogens with one attached hydrogen (secondary N) is 1. The van der Waals surface area contributed by atoms with E-state index in [1.807, 2.05) is 23.6 Å². The molecule has 0 saturated carbocycles. The van der Waals surface area contributed by atoms with Crippen LogP contribution in [0.15, 0.2) is 0 Å². The lowest BCUT2D eigenvalue weighted by molar-refractivity contribution is 0.202. The fraction of sp³-hybridized carbons (Fsp3) is 0.667. The second-order valence-electron chi connectivity index (χ2n) is 3.54. The van der Waals surface area contributed by atoms with E-state index < -0.39 is 0 Å². The van der Waals surface area contributed by atoms with Gasteiger partial charge in [-0.1, -0.05) is 4.49 Å². The topological polar surface area (TPSA) is 58.1 Å². The van der Waals surface area contributed by atoms with Gasteiger partial charge in [0, 0.05) is 24.6 Å². The Hall–Kier alpha value is -0.820. The van der Waals surface area contributed by atoms with Crippen LogP contribution in [0.3, 0.4) is 0 Å². The van der Waals surface area contributed by atoms with Gasteiger partial charge in [-0.05, 0) is 18.5 Å². The maximum atomic E-state index is 11.8. The van der Waals surface area contributed by atoms with E-state index in [1.165, 1.54) is 11.5 Å². The molecule has 0 aromatic carbocycles. The van der Waals surface area contributed by atoms with Gasteiger partial charge < -0.3 is 10.2 Å². The summed E-state index contributed by atoms with van der Waals surface area (Å²) in [5, 5.41) is 6.81. The van der Waals surface area contributed by atoms with Crippen molar-refractivity contribution < 1.29 is 4.79 Å². The smallest absolute Gasteiger partial charge is 0.317 e.